The van der Waals surface area contributed by atoms with E-state index in [1.54, 1.807) is 12.4 Å². The molecule has 0 bridgehead atoms. The summed E-state index contributed by atoms with van der Waals surface area (Å²) >= 11 is 1.44. The minimum atomic E-state index is -0.311. The van der Waals surface area contributed by atoms with Crippen molar-refractivity contribution in [2.24, 2.45) is 4.99 Å². The molecule has 4 rings (SSSR count). The number of Topliss-reactive ketones (excluding diaryl/α,β-unsaturated/α-hetero) is 1. The topological polar surface area (TPSA) is 45.6 Å². The number of carbonyl (C=O) groups is 1. The van der Waals surface area contributed by atoms with Gasteiger partial charge in [0.25, 0.3) is 0 Å². The lowest BCUT2D eigenvalue weighted by atomic mass is 9.92. The molecule has 120 valence electrons. The van der Waals surface area contributed by atoms with Crippen molar-refractivity contribution in [2.45, 2.75) is 12.8 Å². The molecule has 24 heavy (non-hydrogen) atoms. The van der Waals surface area contributed by atoms with Crippen LogP contribution in [0.1, 0.15) is 26.7 Å². The highest BCUT2D eigenvalue weighted by molar-refractivity contribution is 7.21. The quantitative estimate of drug-likeness (QED) is 0.699. The summed E-state index contributed by atoms with van der Waals surface area (Å²) in [6.07, 6.45) is 3.55. The number of aromatic nitrogens is 1. The van der Waals surface area contributed by atoms with Crippen LogP contribution in [0, 0.1) is 6.92 Å². The van der Waals surface area contributed by atoms with Crippen molar-refractivity contribution in [1.82, 2.24) is 4.98 Å². The molecule has 2 aromatic heterocycles. The van der Waals surface area contributed by atoms with Gasteiger partial charge in [-0.2, -0.15) is 0 Å². The first-order chi connectivity index (χ1) is 11.6. The molecule has 3 aromatic rings. The predicted molar refractivity (Wildman–Crippen MR) is 100 cm³/mol. The number of nitrogens with zero attached hydrogens (tertiary/aromatic N) is 3. The fourth-order valence-corrected chi connectivity index (χ4v) is 4.11. The van der Waals surface area contributed by atoms with Crippen LogP contribution in [0.3, 0.4) is 0 Å². The Bertz CT molecular complexity index is 970. The summed E-state index contributed by atoms with van der Waals surface area (Å²) in [6, 6.07) is 10.0. The number of benzene rings is 1. The average molecular weight is 335 g/mol. The molecule has 0 saturated heterocycles. The van der Waals surface area contributed by atoms with Gasteiger partial charge >= 0.3 is 0 Å². The molecule has 0 aliphatic carbocycles. The fourth-order valence-electron chi connectivity index (χ4n) is 3.02. The van der Waals surface area contributed by atoms with E-state index in [1.165, 1.54) is 16.9 Å². The van der Waals surface area contributed by atoms with E-state index in [0.29, 0.717) is 4.88 Å². The summed E-state index contributed by atoms with van der Waals surface area (Å²) in [5, 5.41) is 0.967. The van der Waals surface area contributed by atoms with Crippen molar-refractivity contribution in [2.75, 3.05) is 19.0 Å². The van der Waals surface area contributed by atoms with E-state index < -0.39 is 0 Å². The number of aryl methyl sites for hydroxylation is 1. The van der Waals surface area contributed by atoms with Gasteiger partial charge in [-0.1, -0.05) is 29.8 Å². The van der Waals surface area contributed by atoms with E-state index in [9.17, 15) is 4.79 Å². The Labute approximate surface area is 144 Å². The van der Waals surface area contributed by atoms with Crippen LogP contribution in [0.2, 0.25) is 0 Å². The lowest BCUT2D eigenvalue weighted by Crippen LogP contribution is -2.16. The minimum absolute atomic E-state index is 0.108. The van der Waals surface area contributed by atoms with Gasteiger partial charge in [0.1, 0.15) is 4.83 Å². The van der Waals surface area contributed by atoms with Crippen LogP contribution in [0.4, 0.5) is 11.4 Å². The van der Waals surface area contributed by atoms with Crippen molar-refractivity contribution in [3.63, 3.8) is 0 Å². The number of aliphatic imine (C=N–C) groups is 1. The van der Waals surface area contributed by atoms with Gasteiger partial charge in [0, 0.05) is 26.5 Å². The number of hydrogen-bond donors (Lipinski definition) is 0. The summed E-state index contributed by atoms with van der Waals surface area (Å²) < 4.78 is 0. The summed E-state index contributed by atoms with van der Waals surface area (Å²) in [5.41, 5.74) is 3.97. The van der Waals surface area contributed by atoms with Gasteiger partial charge in [0.15, 0.2) is 5.78 Å². The number of pyridine rings is 1. The van der Waals surface area contributed by atoms with Crippen molar-refractivity contribution >= 4 is 44.9 Å². The Balaban J connectivity index is 1.86. The molecule has 0 spiro atoms. The Kier molecular flexibility index (Phi) is 3.46. The molecule has 1 aromatic carbocycles. The zero-order chi connectivity index (χ0) is 16.8. The molecular formula is C19H17N3OS. The molecule has 5 heteroatoms. The molecule has 3 heterocycles. The zero-order valence-corrected chi connectivity index (χ0v) is 14.6. The Morgan fingerprint density at radius 2 is 1.88 bits per heavy atom. The summed E-state index contributed by atoms with van der Waals surface area (Å²) in [6.45, 7) is 2.04. The van der Waals surface area contributed by atoms with Crippen LogP contribution >= 0.6 is 11.3 Å². The van der Waals surface area contributed by atoms with E-state index in [-0.39, 0.29) is 11.7 Å². The van der Waals surface area contributed by atoms with E-state index in [2.05, 4.69) is 9.98 Å². The Morgan fingerprint density at radius 1 is 1.12 bits per heavy atom. The van der Waals surface area contributed by atoms with Crippen LogP contribution in [-0.2, 0) is 0 Å². The number of hydrogen-bond acceptors (Lipinski definition) is 5. The van der Waals surface area contributed by atoms with Crippen molar-refractivity contribution in [1.29, 1.82) is 0 Å². The summed E-state index contributed by atoms with van der Waals surface area (Å²) in [4.78, 5) is 25.7. The van der Waals surface area contributed by atoms with E-state index in [4.69, 9.17) is 0 Å². The third kappa shape index (κ3) is 2.24. The molecule has 0 fully saturated rings. The monoisotopic (exact) mass is 335 g/mol. The van der Waals surface area contributed by atoms with E-state index in [0.717, 1.165) is 27.2 Å². The number of carbonyl (C=O) groups excluding carboxylic acids is 1. The van der Waals surface area contributed by atoms with Crippen LogP contribution in [0.15, 0.2) is 41.5 Å². The molecule has 1 aliphatic rings. The third-order valence-corrected chi connectivity index (χ3v) is 5.42. The standard InChI is InChI=1S/C19H17N3OS/c1-11-4-6-12(7-5-11)13-10-21-16-15-14(22(2)3)8-9-20-19(15)24-18(16)17(13)23/h4-10,13H,1-3H3. The lowest BCUT2D eigenvalue weighted by molar-refractivity contribution is 0.0987. The molecule has 0 amide bonds. The molecule has 1 unspecified atom stereocenters. The summed E-state index contributed by atoms with van der Waals surface area (Å²) in [7, 11) is 3.98. The number of rotatable bonds is 2. The number of anilines is 1. The molecule has 1 aliphatic heterocycles. The maximum absolute atomic E-state index is 13.0. The first-order valence-corrected chi connectivity index (χ1v) is 8.61. The molecule has 0 saturated carbocycles. The van der Waals surface area contributed by atoms with E-state index in [1.807, 2.05) is 56.3 Å². The molecule has 1 atom stereocenters. The predicted octanol–water partition coefficient (Wildman–Crippen LogP) is 4.35. The molecule has 0 radical (unpaired) electrons. The highest BCUT2D eigenvalue weighted by Crippen LogP contribution is 2.45. The van der Waals surface area contributed by atoms with Gasteiger partial charge < -0.3 is 4.90 Å². The fraction of sp³-hybridized carbons (Fsp3) is 0.211. The number of thiophene rings is 1. The third-order valence-electron chi connectivity index (χ3n) is 4.32. The van der Waals surface area contributed by atoms with Crippen molar-refractivity contribution in [3.8, 4) is 0 Å². The number of fused-ring (bicyclic) bond motifs is 3. The Hall–Kier alpha value is -2.53. The highest BCUT2D eigenvalue weighted by Gasteiger charge is 2.30. The van der Waals surface area contributed by atoms with Gasteiger partial charge in [-0.25, -0.2) is 4.98 Å². The van der Waals surface area contributed by atoms with Crippen LogP contribution < -0.4 is 4.90 Å². The van der Waals surface area contributed by atoms with Gasteiger partial charge in [0.05, 0.1) is 27.6 Å². The lowest BCUT2D eigenvalue weighted by Gasteiger charge is -2.17. The second-order valence-electron chi connectivity index (χ2n) is 6.22. The van der Waals surface area contributed by atoms with Crippen molar-refractivity contribution in [3.05, 3.63) is 52.5 Å². The highest BCUT2D eigenvalue weighted by atomic mass is 32.1. The second-order valence-corrected chi connectivity index (χ2v) is 7.21. The van der Waals surface area contributed by atoms with Gasteiger partial charge in [0.2, 0.25) is 0 Å². The molecular weight excluding hydrogens is 318 g/mol. The number of ketones is 1. The van der Waals surface area contributed by atoms with Crippen LogP contribution in [-0.4, -0.2) is 31.1 Å². The maximum atomic E-state index is 13.0. The maximum Gasteiger partial charge on any atom is 0.187 e. The first-order valence-electron chi connectivity index (χ1n) is 7.80. The Morgan fingerprint density at radius 3 is 2.58 bits per heavy atom. The van der Waals surface area contributed by atoms with Gasteiger partial charge in [-0.15, -0.1) is 11.3 Å². The van der Waals surface area contributed by atoms with Crippen molar-refractivity contribution < 1.29 is 4.79 Å². The smallest absolute Gasteiger partial charge is 0.187 e. The van der Waals surface area contributed by atoms with Gasteiger partial charge in [-0.05, 0) is 18.6 Å². The normalized spacial score (nSPS) is 16.5. The minimum Gasteiger partial charge on any atom is -0.377 e. The largest absolute Gasteiger partial charge is 0.377 e. The SMILES string of the molecule is Cc1ccc(C2C=Nc3c(sc4nccc(N(C)C)c34)C2=O)cc1. The van der Waals surface area contributed by atoms with Crippen LogP contribution in [0.5, 0.6) is 0 Å². The van der Waals surface area contributed by atoms with E-state index >= 15 is 0 Å². The molecule has 4 nitrogen and oxygen atoms in total. The molecule has 0 N–H and O–H groups in total. The van der Waals surface area contributed by atoms with Gasteiger partial charge in [-0.3, -0.25) is 9.79 Å². The average Bonchev–Trinajstić information content (AvgIpc) is 2.96. The summed E-state index contributed by atoms with van der Waals surface area (Å²) in [5.74, 6) is -0.203. The second kappa shape index (κ2) is 5.53. The zero-order valence-electron chi connectivity index (χ0n) is 13.8. The van der Waals surface area contributed by atoms with Crippen LogP contribution in [0.25, 0.3) is 10.2 Å². The first kappa shape index (κ1) is 15.0.